The topological polar surface area (TPSA) is 67.5 Å². The number of aliphatic hydroxyl groups excluding tert-OH is 1. The van der Waals surface area contributed by atoms with Gasteiger partial charge < -0.3 is 9.51 Å². The molecule has 3 aromatic heterocycles. The number of pyridine rings is 1. The molecule has 0 saturated heterocycles. The largest absolute Gasteiger partial charge is 0.512 e. The van der Waals surface area contributed by atoms with Crippen molar-refractivity contribution < 1.29 is 30.0 Å². The zero-order chi connectivity index (χ0) is 30.8. The van der Waals surface area contributed by atoms with Crippen LogP contribution in [0.5, 0.6) is 0 Å². The summed E-state index contributed by atoms with van der Waals surface area (Å²) in [5.41, 5.74) is 6.17. The summed E-state index contributed by atoms with van der Waals surface area (Å²) in [5.74, 6) is 0.547. The zero-order valence-corrected chi connectivity index (χ0v) is 30.5. The molecule has 5 nitrogen and oxygen atoms in total. The number of aromatic nitrogens is 3. The van der Waals surface area contributed by atoms with E-state index in [1.807, 2.05) is 33.9 Å². The van der Waals surface area contributed by atoms with Crippen molar-refractivity contribution in [1.29, 1.82) is 0 Å². The molecule has 0 atom stereocenters. The van der Waals surface area contributed by atoms with Gasteiger partial charge in [-0.05, 0) is 55.8 Å². The summed E-state index contributed by atoms with van der Waals surface area (Å²) >= 11 is 0. The number of nitrogens with zero attached hydrogens (tertiary/aromatic N) is 3. The van der Waals surface area contributed by atoms with Crippen LogP contribution in [0.1, 0.15) is 64.6 Å². The zero-order valence-electron chi connectivity index (χ0n) is 27.1. The van der Waals surface area contributed by atoms with E-state index in [9.17, 15) is 9.90 Å². The third kappa shape index (κ3) is 6.79. The smallest absolute Gasteiger partial charge is 0.162 e. The van der Waals surface area contributed by atoms with E-state index < -0.39 is 8.07 Å². The summed E-state index contributed by atoms with van der Waals surface area (Å²) in [5, 5.41) is 15.8. The minimum atomic E-state index is -1.57. The Balaban J connectivity index is 0.000000274. The van der Waals surface area contributed by atoms with Gasteiger partial charge in [-0.3, -0.25) is 9.78 Å². The standard InChI is InChI=1S/C23H22N3Si.C13H24O2.Ir/c1-14-15(2)26-20-11-17-9-7-6-8-16(17)10-18(20)21-19(12-24-13-25-21)22(26)23(14)27(3,4)5;1-5-10(6-2)12(14)9-13(15)11(7-3)8-4;/h6-9,11-13H,1-5H3;9-11,14H,5-8H2,1-4H3;/q-1;;/b;12-9-;. The fourth-order valence-corrected chi connectivity index (χ4v) is 8.54. The van der Waals surface area contributed by atoms with Crippen molar-refractivity contribution in [3.63, 3.8) is 0 Å². The van der Waals surface area contributed by atoms with E-state index in [4.69, 9.17) is 0 Å². The maximum absolute atomic E-state index is 11.7. The van der Waals surface area contributed by atoms with Gasteiger partial charge >= 0.3 is 0 Å². The van der Waals surface area contributed by atoms with Gasteiger partial charge in [-0.25, -0.2) is 4.98 Å². The van der Waals surface area contributed by atoms with Gasteiger partial charge in [0.25, 0.3) is 0 Å². The van der Waals surface area contributed by atoms with Gasteiger partial charge in [0.2, 0.25) is 0 Å². The van der Waals surface area contributed by atoms with E-state index in [1.165, 1.54) is 38.9 Å². The second kappa shape index (κ2) is 14.3. The third-order valence-corrected chi connectivity index (χ3v) is 10.9. The molecule has 0 amide bonds. The van der Waals surface area contributed by atoms with Crippen molar-refractivity contribution in [2.24, 2.45) is 11.8 Å². The van der Waals surface area contributed by atoms with Crippen molar-refractivity contribution in [3.8, 4) is 0 Å². The van der Waals surface area contributed by atoms with Crippen LogP contribution in [-0.4, -0.2) is 33.3 Å². The minimum absolute atomic E-state index is 0. The number of carbonyl (C=O) groups excluding carboxylic acids is 1. The predicted octanol–water partition coefficient (Wildman–Crippen LogP) is 9.02. The van der Waals surface area contributed by atoms with Crippen molar-refractivity contribution in [3.05, 3.63) is 72.0 Å². The molecule has 0 aliphatic carbocycles. The molecule has 0 unspecified atom stereocenters. The molecular formula is C36H46IrN3O2Si-. The van der Waals surface area contributed by atoms with Crippen LogP contribution in [0.15, 0.2) is 54.7 Å². The molecule has 1 radical (unpaired) electrons. The molecule has 7 heteroatoms. The fourth-order valence-electron chi connectivity index (χ4n) is 6.27. The first-order valence-electron chi connectivity index (χ1n) is 15.4. The second-order valence-electron chi connectivity index (χ2n) is 12.4. The molecule has 5 aromatic rings. The molecule has 0 aliphatic rings. The van der Waals surface area contributed by atoms with Crippen LogP contribution in [-0.2, 0) is 24.9 Å². The molecule has 0 saturated carbocycles. The monoisotopic (exact) mass is 773 g/mol. The Morgan fingerprint density at radius 1 is 1.02 bits per heavy atom. The Hall–Kier alpha value is -2.86. The molecule has 231 valence electrons. The normalized spacial score (nSPS) is 12.3. The summed E-state index contributed by atoms with van der Waals surface area (Å²) in [6, 6.07) is 14.4. The summed E-state index contributed by atoms with van der Waals surface area (Å²) in [4.78, 5) is 20.8. The average molecular weight is 773 g/mol. The van der Waals surface area contributed by atoms with Gasteiger partial charge in [-0.1, -0.05) is 82.4 Å². The number of ketones is 1. The number of carbonyl (C=O) groups is 1. The number of aryl methyl sites for hydroxylation is 1. The molecule has 0 bridgehead atoms. The first kappa shape index (κ1) is 34.6. The first-order chi connectivity index (χ1) is 20.0. The summed E-state index contributed by atoms with van der Waals surface area (Å²) in [6.07, 6.45) is 8.53. The van der Waals surface area contributed by atoms with Crippen molar-refractivity contribution in [2.75, 3.05) is 0 Å². The molecular weight excluding hydrogens is 727 g/mol. The number of rotatable bonds is 8. The molecule has 0 fully saturated rings. The summed E-state index contributed by atoms with van der Waals surface area (Å²) < 4.78 is 2.42. The molecule has 2 aromatic carbocycles. The van der Waals surface area contributed by atoms with Crippen LogP contribution in [0.3, 0.4) is 0 Å². The number of allylic oxidation sites excluding steroid dienone is 2. The Labute approximate surface area is 271 Å². The van der Waals surface area contributed by atoms with Gasteiger partial charge in [0, 0.05) is 66.3 Å². The van der Waals surface area contributed by atoms with Gasteiger partial charge in [0.05, 0.1) is 13.8 Å². The fraction of sp³-hybridized carbons (Fsp3) is 0.417. The van der Waals surface area contributed by atoms with Crippen molar-refractivity contribution >= 4 is 57.1 Å². The van der Waals surface area contributed by atoms with Crippen LogP contribution in [0.2, 0.25) is 19.6 Å². The Kier molecular flexibility index (Phi) is 11.5. The van der Waals surface area contributed by atoms with Gasteiger partial charge in [0.1, 0.15) is 6.33 Å². The maximum atomic E-state index is 11.7. The van der Waals surface area contributed by atoms with Crippen molar-refractivity contribution in [2.45, 2.75) is 86.9 Å². The average Bonchev–Trinajstić information content (AvgIpc) is 3.24. The van der Waals surface area contributed by atoms with Crippen LogP contribution in [0, 0.1) is 31.7 Å². The maximum Gasteiger partial charge on any atom is 0.162 e. The number of fused-ring (bicyclic) bond motifs is 7. The SMILES string of the molecule is CCC(CC)C(=O)/C=C(\O)C(CC)CC.Cc1c([Si](C)(C)C)c2c3cncnc3c3[c-]c4ccccc4cc3n2c1C.[Ir]. The summed E-state index contributed by atoms with van der Waals surface area (Å²) in [7, 11) is -1.57. The van der Waals surface area contributed by atoms with Crippen LogP contribution >= 0.6 is 0 Å². The van der Waals surface area contributed by atoms with E-state index in [0.717, 1.165) is 47.4 Å². The molecule has 3 heterocycles. The Morgan fingerprint density at radius 3 is 2.26 bits per heavy atom. The van der Waals surface area contributed by atoms with Gasteiger partial charge in [-0.2, -0.15) is 0 Å². The van der Waals surface area contributed by atoms with Crippen molar-refractivity contribution in [1.82, 2.24) is 14.4 Å². The molecule has 43 heavy (non-hydrogen) atoms. The van der Waals surface area contributed by atoms with Crippen LogP contribution in [0.25, 0.3) is 38.1 Å². The number of benzene rings is 2. The number of hydrogen-bond donors (Lipinski definition) is 1. The minimum Gasteiger partial charge on any atom is -0.512 e. The van der Waals surface area contributed by atoms with E-state index >= 15 is 0 Å². The molecule has 5 rings (SSSR count). The van der Waals surface area contributed by atoms with Gasteiger partial charge in [0.15, 0.2) is 5.78 Å². The Bertz CT molecular complexity index is 1780. The third-order valence-electron chi connectivity index (χ3n) is 8.76. The van der Waals surface area contributed by atoms with Crippen LogP contribution < -0.4 is 5.19 Å². The van der Waals surface area contributed by atoms with E-state index in [2.05, 4.69) is 84.3 Å². The van der Waals surface area contributed by atoms with E-state index in [0.29, 0.717) is 0 Å². The molecule has 1 N–H and O–H groups in total. The first-order valence-corrected chi connectivity index (χ1v) is 18.9. The predicted molar refractivity (Wildman–Crippen MR) is 181 cm³/mol. The molecule has 0 aliphatic heterocycles. The summed E-state index contributed by atoms with van der Waals surface area (Å²) in [6.45, 7) is 19.8. The quantitative estimate of drug-likeness (QED) is 0.0427. The molecule has 0 spiro atoms. The Morgan fingerprint density at radius 2 is 1.65 bits per heavy atom. The second-order valence-corrected chi connectivity index (χ2v) is 17.4. The number of aliphatic hydroxyl groups is 1. The van der Waals surface area contributed by atoms with E-state index in [-0.39, 0.29) is 43.5 Å². The van der Waals surface area contributed by atoms with Crippen LogP contribution in [0.4, 0.5) is 0 Å². The number of hydrogen-bond acceptors (Lipinski definition) is 4. The van der Waals surface area contributed by atoms with Gasteiger partial charge in [-0.15, -0.1) is 17.5 Å². The van der Waals surface area contributed by atoms with E-state index in [1.54, 1.807) is 6.33 Å².